The summed E-state index contributed by atoms with van der Waals surface area (Å²) in [6, 6.07) is 8.65. The van der Waals surface area contributed by atoms with Crippen molar-refractivity contribution in [2.24, 2.45) is 5.73 Å². The number of hydrogen-bond acceptors (Lipinski definition) is 15. The number of ether oxygens (including phenoxy) is 1. The van der Waals surface area contributed by atoms with E-state index in [1.807, 2.05) is 29.2 Å². The Hall–Kier alpha value is -7.69. The van der Waals surface area contributed by atoms with Crippen LogP contribution in [0, 0.1) is 0 Å². The second-order valence-corrected chi connectivity index (χ2v) is 25.6. The van der Waals surface area contributed by atoms with Crippen molar-refractivity contribution in [2.75, 3.05) is 59.0 Å². The maximum absolute atomic E-state index is 14.7. The number of alkyl halides is 4. The lowest BCUT2D eigenvalue weighted by molar-refractivity contribution is -0.144. The van der Waals surface area contributed by atoms with Gasteiger partial charge in [-0.05, 0) is 97.9 Å². The van der Waals surface area contributed by atoms with E-state index >= 15 is 0 Å². The maximum Gasteiger partial charge on any atom is 0.399 e. The average Bonchev–Trinajstić information content (AvgIpc) is 1.85. The summed E-state index contributed by atoms with van der Waals surface area (Å²) in [6.45, 7) is 2.70. The van der Waals surface area contributed by atoms with Crippen molar-refractivity contribution in [1.29, 1.82) is 0 Å². The molecular formula is C59H69F4N10O14PS. The zero-order chi connectivity index (χ0) is 64.1. The van der Waals surface area contributed by atoms with E-state index in [0.29, 0.717) is 30.9 Å². The topological polar surface area (TPSA) is 328 Å². The molecule has 9 rings (SSSR count). The first-order chi connectivity index (χ1) is 42.3. The number of halogens is 4. The molecule has 0 saturated carbocycles. The quantitative estimate of drug-likeness (QED) is 0.0301. The van der Waals surface area contributed by atoms with Gasteiger partial charge in [0.2, 0.25) is 41.4 Å². The van der Waals surface area contributed by atoms with Crippen LogP contribution in [-0.4, -0.2) is 195 Å². The molecule has 1 unspecified atom stereocenters. The Balaban J connectivity index is 0.866. The van der Waals surface area contributed by atoms with Crippen LogP contribution < -0.4 is 31.7 Å². The number of rotatable bonds is 24. The monoisotopic (exact) mass is 1280 g/mol. The minimum Gasteiger partial charge on any atom is -0.492 e. The van der Waals surface area contributed by atoms with Crippen molar-refractivity contribution < 1.29 is 84.6 Å². The van der Waals surface area contributed by atoms with Crippen LogP contribution in [-0.2, 0) is 56.6 Å². The zero-order valence-electron chi connectivity index (χ0n) is 48.5. The summed E-state index contributed by atoms with van der Waals surface area (Å²) in [6.07, 6.45) is -0.351. The molecule has 0 bridgehead atoms. The normalized spacial score (nSPS) is 21.0. The average molecular weight is 1280 g/mol. The van der Waals surface area contributed by atoms with E-state index < -0.39 is 134 Å². The molecule has 24 nitrogen and oxygen atoms in total. The Morgan fingerprint density at radius 2 is 1.56 bits per heavy atom. The molecule has 89 heavy (non-hydrogen) atoms. The number of amides is 10. The van der Waals surface area contributed by atoms with Crippen LogP contribution in [0.1, 0.15) is 112 Å². The van der Waals surface area contributed by atoms with Crippen LogP contribution in [0.2, 0.25) is 0 Å². The highest BCUT2D eigenvalue weighted by Crippen LogP contribution is 2.59. The van der Waals surface area contributed by atoms with Crippen molar-refractivity contribution in [1.82, 2.24) is 45.8 Å². The van der Waals surface area contributed by atoms with Gasteiger partial charge in [0.25, 0.3) is 24.1 Å². The van der Waals surface area contributed by atoms with E-state index in [-0.39, 0.29) is 104 Å². The Labute approximate surface area is 512 Å². The molecule has 8 N–H and O–H groups in total. The summed E-state index contributed by atoms with van der Waals surface area (Å²) >= 11 is 0.806. The molecule has 5 aliphatic heterocycles. The maximum atomic E-state index is 14.7. The Morgan fingerprint density at radius 3 is 2.25 bits per heavy atom. The summed E-state index contributed by atoms with van der Waals surface area (Å²) in [4.78, 5) is 161. The molecular weight excluding hydrogens is 1210 g/mol. The SMILES string of the molecule is CCCCc1ccc(C[C@H](NC(=O)[C@H](CCC(N)=O)NC(=O)[C@@H]2CC[C@@H]3CCN(CC(F)F)C[C@H](NC(=O)c4cc5cc(C(F)(F)P(=O)(O)O)ccc5s4)C(=O)N32)C(=O)N2CCN(CCOc3ccc4c(c3)C(=O)N(C3CCC(=O)NC3=O)C4=O)CC2)cc1. The number of unbranched alkanes of at least 4 members (excludes halogenated alkanes) is 1. The van der Waals surface area contributed by atoms with Gasteiger partial charge in [0.1, 0.15) is 42.6 Å². The van der Waals surface area contributed by atoms with Gasteiger partial charge in [0.05, 0.1) is 22.5 Å². The number of nitrogens with one attached hydrogen (secondary N) is 4. The number of nitrogens with zero attached hydrogens (tertiary/aromatic N) is 5. The Morgan fingerprint density at radius 1 is 0.843 bits per heavy atom. The lowest BCUT2D eigenvalue weighted by Crippen LogP contribution is -2.62. The molecule has 10 amide bonds. The minimum atomic E-state index is -5.94. The summed E-state index contributed by atoms with van der Waals surface area (Å²) in [5.41, 5.74) is 1.96. The van der Waals surface area contributed by atoms with Gasteiger partial charge in [-0.1, -0.05) is 43.7 Å². The number of aryl methyl sites for hydroxylation is 1. The zero-order valence-corrected chi connectivity index (χ0v) is 50.2. The number of hydrogen-bond donors (Lipinski definition) is 7. The first-order valence-corrected chi connectivity index (χ1v) is 31.8. The fourth-order valence-corrected chi connectivity index (χ4v) is 13.3. The third-order valence-corrected chi connectivity index (χ3v) is 18.8. The van der Waals surface area contributed by atoms with E-state index in [1.165, 1.54) is 34.1 Å². The minimum absolute atomic E-state index is 0.0103. The van der Waals surface area contributed by atoms with Crippen molar-refractivity contribution in [2.45, 2.75) is 126 Å². The van der Waals surface area contributed by atoms with Gasteiger partial charge in [-0.2, -0.15) is 8.78 Å². The second kappa shape index (κ2) is 28.0. The van der Waals surface area contributed by atoms with Crippen LogP contribution in [0.15, 0.2) is 66.7 Å². The summed E-state index contributed by atoms with van der Waals surface area (Å²) in [5.74, 6) is -6.87. The number of primary amides is 1. The molecule has 1 aromatic heterocycles. The molecule has 30 heteroatoms. The van der Waals surface area contributed by atoms with Crippen LogP contribution in [0.5, 0.6) is 5.75 Å². The molecule has 6 atom stereocenters. The summed E-state index contributed by atoms with van der Waals surface area (Å²) in [5, 5.41) is 10.3. The van der Waals surface area contributed by atoms with Crippen molar-refractivity contribution >= 4 is 88.1 Å². The van der Waals surface area contributed by atoms with E-state index in [1.54, 1.807) is 4.90 Å². The highest BCUT2D eigenvalue weighted by molar-refractivity contribution is 7.52. The number of benzene rings is 3. The highest BCUT2D eigenvalue weighted by Gasteiger charge is 2.51. The van der Waals surface area contributed by atoms with E-state index in [4.69, 9.17) is 10.5 Å². The smallest absolute Gasteiger partial charge is 0.399 e. The number of piperazine rings is 1. The van der Waals surface area contributed by atoms with Crippen molar-refractivity contribution in [3.8, 4) is 5.75 Å². The number of imide groups is 2. The van der Waals surface area contributed by atoms with Crippen LogP contribution in [0.4, 0.5) is 17.6 Å². The molecule has 478 valence electrons. The molecule has 6 heterocycles. The first kappa shape index (κ1) is 65.7. The van der Waals surface area contributed by atoms with Gasteiger partial charge < -0.3 is 46.0 Å². The Kier molecular flexibility index (Phi) is 20.7. The number of piperidine rings is 1. The number of nitrogens with two attached hydrogens (primary N) is 1. The van der Waals surface area contributed by atoms with Gasteiger partial charge in [-0.3, -0.25) is 72.5 Å². The largest absolute Gasteiger partial charge is 0.492 e. The van der Waals surface area contributed by atoms with Gasteiger partial charge in [0, 0.05) is 81.4 Å². The molecule has 0 radical (unpaired) electrons. The van der Waals surface area contributed by atoms with Crippen molar-refractivity contribution in [3.05, 3.63) is 99.4 Å². The molecule has 3 aromatic carbocycles. The third-order valence-electron chi connectivity index (χ3n) is 16.7. The second-order valence-electron chi connectivity index (χ2n) is 22.8. The number of carbonyl (C=O) groups is 10. The fraction of sp³-hybridized carbons (Fsp3) is 0.492. The number of fused-ring (bicyclic) bond motifs is 3. The third kappa shape index (κ3) is 15.3. The van der Waals surface area contributed by atoms with Gasteiger partial charge >= 0.3 is 13.3 Å². The van der Waals surface area contributed by atoms with Crippen LogP contribution >= 0.6 is 18.9 Å². The van der Waals surface area contributed by atoms with Gasteiger partial charge in [0.15, 0.2) is 0 Å². The van der Waals surface area contributed by atoms with E-state index in [0.717, 1.165) is 59.3 Å². The Bertz CT molecular complexity index is 3460. The van der Waals surface area contributed by atoms with Gasteiger partial charge in [-0.15, -0.1) is 11.3 Å². The predicted molar refractivity (Wildman–Crippen MR) is 312 cm³/mol. The standard InChI is InChI=1S/C59H69F4N10O14PS/c1-2-3-4-33-5-7-34(8-6-33)27-42(57(82)71-23-21-69(22-24-71)25-26-87-38-11-12-39-40(30-38)56(81)73(55(39)80)45-15-18-50(75)68-53(45)78)66-51(76)41(13-17-49(64)74)65-52(77)44-14-10-37-19-20-70(32-48(60)61)31-43(58(83)72(37)44)67-54(79)47-29-35-28-36(9-16-46(35)89-47)59(62,63)88(84,85)86/h5-9,11-12,16,28-30,37,41-45,48H,2-4,10,13-15,17-27,31-32H2,1H3,(H2,64,74)(H,65,77)(H,66,76)(H,67,79)(H,68,75,78)(H2,84,85,86)/t37-,41+,42+,43+,44+,45?/m1/s1. The predicted octanol–water partition coefficient (Wildman–Crippen LogP) is 3.00. The molecule has 4 fully saturated rings. The molecule has 0 spiro atoms. The highest BCUT2D eigenvalue weighted by atomic mass is 32.1. The van der Waals surface area contributed by atoms with E-state index in [9.17, 15) is 79.9 Å². The summed E-state index contributed by atoms with van der Waals surface area (Å²) < 4.78 is 75.0. The van der Waals surface area contributed by atoms with E-state index in [2.05, 4.69) is 28.2 Å². The molecule has 4 aromatic rings. The lowest BCUT2D eigenvalue weighted by Gasteiger charge is -2.39. The van der Waals surface area contributed by atoms with Crippen molar-refractivity contribution in [3.63, 3.8) is 0 Å². The summed E-state index contributed by atoms with van der Waals surface area (Å²) in [7, 11) is -5.94. The van der Waals surface area contributed by atoms with Crippen LogP contribution in [0.25, 0.3) is 10.1 Å². The molecule has 4 saturated heterocycles. The molecule has 0 aliphatic carbocycles. The number of thiophene rings is 1. The molecule has 5 aliphatic rings. The first-order valence-electron chi connectivity index (χ1n) is 29.4. The lowest BCUT2D eigenvalue weighted by atomic mass is 10.00. The number of carbonyl (C=O) groups excluding carboxylic acids is 10. The van der Waals surface area contributed by atoms with Gasteiger partial charge in [-0.25, -0.2) is 8.78 Å². The fourth-order valence-electron chi connectivity index (χ4n) is 11.9. The van der Waals surface area contributed by atoms with Crippen LogP contribution in [0.3, 0.4) is 0 Å².